The topological polar surface area (TPSA) is 92.3 Å². The molecular weight excluding hydrogens is 464 g/mol. The molecule has 0 saturated carbocycles. The lowest BCUT2D eigenvalue weighted by Crippen LogP contribution is -2.41. The van der Waals surface area contributed by atoms with Crippen molar-refractivity contribution < 1.29 is 19.2 Å². The Morgan fingerprint density at radius 2 is 0.865 bits per heavy atom. The van der Waals surface area contributed by atoms with Crippen molar-refractivity contribution in [1.29, 1.82) is 0 Å². The zero-order chi connectivity index (χ0) is 26.2. The molecule has 0 bridgehead atoms. The minimum Gasteiger partial charge on any atom is -0.350 e. The van der Waals surface area contributed by atoms with Crippen LogP contribution in [0.3, 0.4) is 0 Å². The molecule has 1 atom stereocenters. The highest BCUT2D eigenvalue weighted by Gasteiger charge is 2.15. The van der Waals surface area contributed by atoms with Gasteiger partial charge in [-0.1, -0.05) is 84.9 Å². The summed E-state index contributed by atoms with van der Waals surface area (Å²) in [5.74, 6) is -0.824. The fourth-order valence-corrected chi connectivity index (χ4v) is 3.76. The van der Waals surface area contributed by atoms with Crippen molar-refractivity contribution in [3.05, 3.63) is 143 Å². The maximum atomic E-state index is 12.6. The number of amides is 2. The van der Waals surface area contributed by atoms with Crippen molar-refractivity contribution in [2.45, 2.75) is 13.0 Å². The molecule has 0 radical (unpaired) electrons. The highest BCUT2D eigenvalue weighted by Crippen LogP contribution is 2.13. The van der Waals surface area contributed by atoms with E-state index in [9.17, 15) is 19.2 Å². The molecule has 0 aliphatic rings. The van der Waals surface area contributed by atoms with Gasteiger partial charge in [-0.05, 0) is 31.2 Å². The Morgan fingerprint density at radius 3 is 1.30 bits per heavy atom. The first kappa shape index (κ1) is 25.3. The maximum Gasteiger partial charge on any atom is 0.251 e. The molecule has 2 N–H and O–H groups in total. The van der Waals surface area contributed by atoms with Crippen LogP contribution in [-0.2, 0) is 0 Å². The predicted octanol–water partition coefficient (Wildman–Crippen LogP) is 4.70. The number of ketones is 2. The second kappa shape index (κ2) is 11.7. The van der Waals surface area contributed by atoms with Gasteiger partial charge in [-0.25, -0.2) is 0 Å². The van der Waals surface area contributed by atoms with Gasteiger partial charge in [0.15, 0.2) is 11.6 Å². The van der Waals surface area contributed by atoms with Gasteiger partial charge in [0, 0.05) is 46.0 Å². The van der Waals surface area contributed by atoms with Crippen LogP contribution in [0.15, 0.2) is 109 Å². The Hall–Kier alpha value is -4.84. The van der Waals surface area contributed by atoms with Gasteiger partial charge >= 0.3 is 0 Å². The third-order valence-electron chi connectivity index (χ3n) is 5.84. The molecule has 0 heterocycles. The van der Waals surface area contributed by atoms with E-state index in [0.717, 1.165) is 0 Å². The quantitative estimate of drug-likeness (QED) is 0.333. The molecule has 6 heteroatoms. The Bertz CT molecular complexity index is 1400. The Labute approximate surface area is 215 Å². The number of hydrogen-bond donors (Lipinski definition) is 2. The van der Waals surface area contributed by atoms with Gasteiger partial charge < -0.3 is 10.6 Å². The van der Waals surface area contributed by atoms with Crippen LogP contribution in [0.25, 0.3) is 0 Å². The molecule has 2 amide bonds. The second-order valence-corrected chi connectivity index (χ2v) is 8.63. The molecular formula is C31H26N2O4. The minimum atomic E-state index is -0.332. The summed E-state index contributed by atoms with van der Waals surface area (Å²) < 4.78 is 0. The van der Waals surface area contributed by atoms with Crippen LogP contribution >= 0.6 is 0 Å². The summed E-state index contributed by atoms with van der Waals surface area (Å²) >= 11 is 0. The van der Waals surface area contributed by atoms with Gasteiger partial charge in [0.25, 0.3) is 11.8 Å². The lowest BCUT2D eigenvalue weighted by molar-refractivity contribution is 0.0912. The van der Waals surface area contributed by atoms with Crippen molar-refractivity contribution in [3.63, 3.8) is 0 Å². The van der Waals surface area contributed by atoms with Crippen LogP contribution in [0.2, 0.25) is 0 Å². The molecule has 184 valence electrons. The van der Waals surface area contributed by atoms with E-state index in [-0.39, 0.29) is 36.0 Å². The van der Waals surface area contributed by atoms with Crippen LogP contribution in [0.5, 0.6) is 0 Å². The lowest BCUT2D eigenvalue weighted by atomic mass is 10.0. The summed E-state index contributed by atoms with van der Waals surface area (Å²) in [6.45, 7) is 2.01. The van der Waals surface area contributed by atoms with Crippen LogP contribution < -0.4 is 10.6 Å². The zero-order valence-corrected chi connectivity index (χ0v) is 20.3. The SMILES string of the molecule is CC(CNC(=O)c1ccc(C(=O)c2ccccc2)cc1)NC(=O)c1ccc(C(=O)c2ccccc2)cc1. The third kappa shape index (κ3) is 6.44. The highest BCUT2D eigenvalue weighted by atomic mass is 16.2. The number of hydrogen-bond acceptors (Lipinski definition) is 4. The van der Waals surface area contributed by atoms with Crippen molar-refractivity contribution in [2.24, 2.45) is 0 Å². The number of rotatable bonds is 9. The first-order valence-electron chi connectivity index (χ1n) is 11.9. The molecule has 37 heavy (non-hydrogen) atoms. The van der Waals surface area contributed by atoms with Crippen LogP contribution in [0, 0.1) is 0 Å². The van der Waals surface area contributed by atoms with E-state index in [1.165, 1.54) is 0 Å². The monoisotopic (exact) mass is 490 g/mol. The Balaban J connectivity index is 1.27. The second-order valence-electron chi connectivity index (χ2n) is 8.63. The average Bonchev–Trinajstić information content (AvgIpc) is 2.96. The van der Waals surface area contributed by atoms with Crippen molar-refractivity contribution in [2.75, 3.05) is 6.54 Å². The van der Waals surface area contributed by atoms with Crippen molar-refractivity contribution >= 4 is 23.4 Å². The molecule has 0 aliphatic carbocycles. The first-order valence-corrected chi connectivity index (χ1v) is 11.9. The Morgan fingerprint density at radius 1 is 0.514 bits per heavy atom. The normalized spacial score (nSPS) is 11.3. The minimum absolute atomic E-state index is 0.110. The van der Waals surface area contributed by atoms with Gasteiger partial charge in [0.2, 0.25) is 0 Å². The van der Waals surface area contributed by atoms with Gasteiger partial charge in [-0.15, -0.1) is 0 Å². The smallest absolute Gasteiger partial charge is 0.251 e. The van der Waals surface area contributed by atoms with E-state index >= 15 is 0 Å². The number of benzene rings is 4. The zero-order valence-electron chi connectivity index (χ0n) is 20.3. The number of carbonyl (C=O) groups is 4. The van der Waals surface area contributed by atoms with Crippen LogP contribution in [0.1, 0.15) is 59.5 Å². The van der Waals surface area contributed by atoms with Gasteiger partial charge in [0.05, 0.1) is 0 Å². The fourth-order valence-electron chi connectivity index (χ4n) is 3.76. The molecule has 4 rings (SSSR count). The lowest BCUT2D eigenvalue weighted by Gasteiger charge is -2.15. The standard InChI is InChI=1S/C31H26N2O4/c1-21(33-31(37)27-18-14-25(15-19-27)29(35)23-10-6-3-7-11-23)20-32-30(36)26-16-12-24(13-17-26)28(34)22-8-4-2-5-9-22/h2-19,21H,20H2,1H3,(H,32,36)(H,33,37). The highest BCUT2D eigenvalue weighted by molar-refractivity contribution is 6.10. The van der Waals surface area contributed by atoms with Crippen LogP contribution in [-0.4, -0.2) is 36.0 Å². The van der Waals surface area contributed by atoms with Gasteiger partial charge in [-0.3, -0.25) is 19.2 Å². The van der Waals surface area contributed by atoms with Crippen molar-refractivity contribution in [1.82, 2.24) is 10.6 Å². The third-order valence-corrected chi connectivity index (χ3v) is 5.84. The summed E-state index contributed by atoms with van der Waals surface area (Å²) in [6.07, 6.45) is 0. The van der Waals surface area contributed by atoms with Gasteiger partial charge in [-0.2, -0.15) is 0 Å². The van der Waals surface area contributed by atoms with E-state index in [1.807, 2.05) is 12.1 Å². The van der Waals surface area contributed by atoms with E-state index in [1.54, 1.807) is 104 Å². The van der Waals surface area contributed by atoms with E-state index < -0.39 is 0 Å². The van der Waals surface area contributed by atoms with E-state index in [4.69, 9.17) is 0 Å². The summed E-state index contributed by atoms with van der Waals surface area (Å²) in [5, 5.41) is 5.64. The summed E-state index contributed by atoms with van der Waals surface area (Å²) in [4.78, 5) is 50.2. The molecule has 4 aromatic rings. The van der Waals surface area contributed by atoms with Crippen molar-refractivity contribution in [3.8, 4) is 0 Å². The van der Waals surface area contributed by atoms with E-state index in [2.05, 4.69) is 10.6 Å². The Kier molecular flexibility index (Phi) is 8.01. The van der Waals surface area contributed by atoms with Gasteiger partial charge in [0.1, 0.15) is 0 Å². The maximum absolute atomic E-state index is 12.6. The van der Waals surface area contributed by atoms with Crippen LogP contribution in [0.4, 0.5) is 0 Å². The summed E-state index contributed by atoms with van der Waals surface area (Å²) in [6, 6.07) is 30.5. The first-order chi connectivity index (χ1) is 17.9. The molecule has 0 saturated heterocycles. The largest absolute Gasteiger partial charge is 0.350 e. The number of carbonyl (C=O) groups excluding carboxylic acids is 4. The predicted molar refractivity (Wildman–Crippen MR) is 142 cm³/mol. The van der Waals surface area contributed by atoms with E-state index in [0.29, 0.717) is 33.4 Å². The summed E-state index contributed by atoms with van der Waals surface area (Å²) in [7, 11) is 0. The fraction of sp³-hybridized carbons (Fsp3) is 0.0968. The molecule has 0 spiro atoms. The molecule has 4 aromatic carbocycles. The molecule has 1 unspecified atom stereocenters. The molecule has 0 aromatic heterocycles. The molecule has 0 aliphatic heterocycles. The molecule has 0 fully saturated rings. The average molecular weight is 491 g/mol. The number of nitrogens with one attached hydrogen (secondary N) is 2. The summed E-state index contributed by atoms with van der Waals surface area (Å²) in [5.41, 5.74) is 3.01. The molecule has 6 nitrogen and oxygen atoms in total.